The molecule has 3 atom stereocenters. The normalized spacial score (nSPS) is 24.9. The molecule has 0 spiro atoms. The van der Waals surface area contributed by atoms with Crippen LogP contribution in [0.1, 0.15) is 40.8 Å². The number of hydrogen-bond acceptors (Lipinski definition) is 6. The van der Waals surface area contributed by atoms with Gasteiger partial charge in [0.2, 0.25) is 5.91 Å². The molecule has 0 aliphatic carbocycles. The molecule has 3 unspecified atom stereocenters. The van der Waals surface area contributed by atoms with Crippen LogP contribution in [0.2, 0.25) is 0 Å². The number of likely N-dealkylation sites (N-methyl/N-ethyl adjacent to an activating group) is 1. The fourth-order valence-corrected chi connectivity index (χ4v) is 5.24. The summed E-state index contributed by atoms with van der Waals surface area (Å²) in [7, 11) is 2.17. The zero-order chi connectivity index (χ0) is 20.2. The summed E-state index contributed by atoms with van der Waals surface area (Å²) in [6.45, 7) is 4.77. The molecule has 2 N–H and O–H groups in total. The van der Waals surface area contributed by atoms with Gasteiger partial charge in [-0.05, 0) is 57.5 Å². The van der Waals surface area contributed by atoms with E-state index in [0.717, 1.165) is 51.0 Å². The van der Waals surface area contributed by atoms with Crippen LogP contribution < -0.4 is 10.9 Å². The van der Waals surface area contributed by atoms with E-state index in [2.05, 4.69) is 57.8 Å². The molecular formula is C22H31N5OS. The molecular weight excluding hydrogens is 382 g/mol. The summed E-state index contributed by atoms with van der Waals surface area (Å²) in [5.74, 6) is 0.233. The second-order valence-electron chi connectivity index (χ2n) is 8.21. The minimum Gasteiger partial charge on any atom is -0.340 e. The smallest absolute Gasteiger partial charge is 0.241 e. The summed E-state index contributed by atoms with van der Waals surface area (Å²) >= 11 is 1.80. The molecule has 4 heterocycles. The summed E-state index contributed by atoms with van der Waals surface area (Å²) in [4.78, 5) is 24.6. The third-order valence-corrected chi connectivity index (χ3v) is 7.20. The van der Waals surface area contributed by atoms with E-state index in [1.54, 1.807) is 11.3 Å². The highest BCUT2D eigenvalue weighted by atomic mass is 32.1. The third-order valence-electron chi connectivity index (χ3n) is 6.08. The number of carbonyl (C=O) groups is 1. The molecule has 2 saturated heterocycles. The summed E-state index contributed by atoms with van der Waals surface area (Å²) in [5, 5.41) is 0. The van der Waals surface area contributed by atoms with Crippen LogP contribution in [0.3, 0.4) is 0 Å². The summed E-state index contributed by atoms with van der Waals surface area (Å²) < 4.78 is 0. The molecule has 2 fully saturated rings. The summed E-state index contributed by atoms with van der Waals surface area (Å²) in [6.07, 6.45) is 5.82. The highest BCUT2D eigenvalue weighted by molar-refractivity contribution is 7.12. The van der Waals surface area contributed by atoms with Crippen molar-refractivity contribution in [2.24, 2.45) is 0 Å². The van der Waals surface area contributed by atoms with Crippen molar-refractivity contribution >= 4 is 17.2 Å². The third kappa shape index (κ3) is 5.04. The van der Waals surface area contributed by atoms with Gasteiger partial charge in [-0.15, -0.1) is 11.3 Å². The largest absolute Gasteiger partial charge is 0.340 e. The van der Waals surface area contributed by atoms with E-state index in [1.807, 2.05) is 18.3 Å². The Hall–Kier alpha value is -1.80. The Bertz CT molecular complexity index is 811. The number of aromatic nitrogens is 1. The zero-order valence-corrected chi connectivity index (χ0v) is 18.1. The highest BCUT2D eigenvalue weighted by Crippen LogP contribution is 2.29. The Morgan fingerprint density at radius 3 is 2.97 bits per heavy atom. The van der Waals surface area contributed by atoms with Crippen molar-refractivity contribution < 1.29 is 4.79 Å². The number of nitrogens with one attached hydrogen (secondary N) is 2. The Morgan fingerprint density at radius 1 is 1.31 bits per heavy atom. The van der Waals surface area contributed by atoms with Crippen LogP contribution in [0.5, 0.6) is 0 Å². The van der Waals surface area contributed by atoms with Gasteiger partial charge in [0.05, 0.1) is 6.04 Å². The van der Waals surface area contributed by atoms with Crippen LogP contribution in [0.25, 0.3) is 0 Å². The van der Waals surface area contributed by atoms with Gasteiger partial charge in [0.1, 0.15) is 6.04 Å². The number of nitrogens with zero attached hydrogens (tertiary/aromatic N) is 3. The lowest BCUT2D eigenvalue weighted by Gasteiger charge is -2.38. The molecule has 2 aromatic rings. The van der Waals surface area contributed by atoms with Gasteiger partial charge < -0.3 is 9.80 Å². The number of hydrazine groups is 1. The first-order valence-corrected chi connectivity index (χ1v) is 11.4. The monoisotopic (exact) mass is 413 g/mol. The number of carbonyl (C=O) groups excluding carboxylic acids is 1. The standard InChI is InChI=1S/C22H31N5OS/c1-16-8-9-21(29-16)19-14-20(25-24-19)22(28)27-12-5-7-18(15-27)26(2)13-10-17-6-3-4-11-23-17/h3-4,6,8-9,11,18-20,24-25H,5,7,10,12-15H2,1-2H3. The lowest BCUT2D eigenvalue weighted by molar-refractivity contribution is -0.135. The van der Waals surface area contributed by atoms with E-state index in [-0.39, 0.29) is 18.0 Å². The van der Waals surface area contributed by atoms with Crippen molar-refractivity contribution in [3.8, 4) is 0 Å². The topological polar surface area (TPSA) is 60.5 Å². The number of likely N-dealkylation sites (tertiary alicyclic amines) is 1. The molecule has 0 radical (unpaired) electrons. The van der Waals surface area contributed by atoms with E-state index in [0.29, 0.717) is 6.04 Å². The lowest BCUT2D eigenvalue weighted by atomic mass is 10.0. The van der Waals surface area contributed by atoms with Gasteiger partial charge in [-0.2, -0.15) is 0 Å². The molecule has 2 aromatic heterocycles. The van der Waals surface area contributed by atoms with Crippen molar-refractivity contribution in [1.29, 1.82) is 0 Å². The van der Waals surface area contributed by atoms with E-state index >= 15 is 0 Å². The molecule has 2 aliphatic rings. The molecule has 4 rings (SSSR count). The number of piperidine rings is 1. The van der Waals surface area contributed by atoms with Crippen LogP contribution >= 0.6 is 11.3 Å². The SMILES string of the molecule is Cc1ccc(C2CC(C(=O)N3CCCC(N(C)CCc4ccccn4)C3)NN2)s1. The number of hydrogen-bond donors (Lipinski definition) is 2. The first-order valence-electron chi connectivity index (χ1n) is 10.6. The van der Waals surface area contributed by atoms with E-state index in [4.69, 9.17) is 0 Å². The molecule has 0 bridgehead atoms. The van der Waals surface area contributed by atoms with Crippen molar-refractivity contribution in [1.82, 2.24) is 25.6 Å². The zero-order valence-electron chi connectivity index (χ0n) is 17.3. The molecule has 0 aromatic carbocycles. The van der Waals surface area contributed by atoms with Crippen LogP contribution in [-0.2, 0) is 11.2 Å². The second-order valence-corrected chi connectivity index (χ2v) is 9.53. The van der Waals surface area contributed by atoms with Gasteiger partial charge in [-0.25, -0.2) is 10.9 Å². The Kier molecular flexibility index (Phi) is 6.60. The van der Waals surface area contributed by atoms with Crippen LogP contribution in [-0.4, -0.2) is 59.5 Å². The van der Waals surface area contributed by atoms with E-state index in [1.165, 1.54) is 9.75 Å². The fourth-order valence-electron chi connectivity index (χ4n) is 4.30. The molecule has 0 saturated carbocycles. The van der Waals surface area contributed by atoms with Crippen LogP contribution in [0.15, 0.2) is 36.5 Å². The number of thiophene rings is 1. The average molecular weight is 414 g/mol. The minimum absolute atomic E-state index is 0.139. The maximum absolute atomic E-state index is 13.1. The maximum Gasteiger partial charge on any atom is 0.241 e. The fraction of sp³-hybridized carbons (Fsp3) is 0.545. The summed E-state index contributed by atoms with van der Waals surface area (Å²) in [5.41, 5.74) is 7.69. The maximum atomic E-state index is 13.1. The molecule has 6 nitrogen and oxygen atoms in total. The van der Waals surface area contributed by atoms with Crippen molar-refractivity contribution in [2.75, 3.05) is 26.7 Å². The van der Waals surface area contributed by atoms with Crippen LogP contribution in [0, 0.1) is 6.92 Å². The molecule has 156 valence electrons. The predicted octanol–water partition coefficient (Wildman–Crippen LogP) is 2.52. The first-order chi connectivity index (χ1) is 14.1. The number of amides is 1. The Balaban J connectivity index is 1.29. The minimum atomic E-state index is -0.139. The molecule has 1 amide bonds. The number of aryl methyl sites for hydroxylation is 1. The average Bonchev–Trinajstić information content (AvgIpc) is 3.41. The van der Waals surface area contributed by atoms with Crippen LogP contribution in [0.4, 0.5) is 0 Å². The van der Waals surface area contributed by atoms with Crippen molar-refractivity contribution in [3.05, 3.63) is 52.0 Å². The van der Waals surface area contributed by atoms with Gasteiger partial charge in [-0.1, -0.05) is 6.07 Å². The quantitative estimate of drug-likeness (QED) is 0.762. The predicted molar refractivity (Wildman–Crippen MR) is 117 cm³/mol. The van der Waals surface area contributed by atoms with Gasteiger partial charge in [0.15, 0.2) is 0 Å². The Labute approximate surface area is 177 Å². The number of rotatable bonds is 6. The van der Waals surface area contributed by atoms with Gasteiger partial charge >= 0.3 is 0 Å². The Morgan fingerprint density at radius 2 is 2.21 bits per heavy atom. The summed E-state index contributed by atoms with van der Waals surface area (Å²) in [6, 6.07) is 10.9. The second kappa shape index (κ2) is 9.34. The molecule has 2 aliphatic heterocycles. The van der Waals surface area contributed by atoms with Crippen molar-refractivity contribution in [2.45, 2.75) is 50.7 Å². The van der Waals surface area contributed by atoms with Gasteiger partial charge in [-0.3, -0.25) is 9.78 Å². The van der Waals surface area contributed by atoms with Crippen molar-refractivity contribution in [3.63, 3.8) is 0 Å². The number of pyridine rings is 1. The lowest BCUT2D eigenvalue weighted by Crippen LogP contribution is -2.53. The molecule has 7 heteroatoms. The van der Waals surface area contributed by atoms with E-state index in [9.17, 15) is 4.79 Å². The van der Waals surface area contributed by atoms with E-state index < -0.39 is 0 Å². The van der Waals surface area contributed by atoms with Gasteiger partial charge in [0, 0.05) is 53.7 Å². The first kappa shape index (κ1) is 20.5. The highest BCUT2D eigenvalue weighted by Gasteiger charge is 2.35. The molecule has 29 heavy (non-hydrogen) atoms. The van der Waals surface area contributed by atoms with Gasteiger partial charge in [0.25, 0.3) is 0 Å².